The first-order valence-electron chi connectivity index (χ1n) is 8.37. The number of ether oxygens (including phenoxy) is 1. The Morgan fingerprint density at radius 3 is 2.75 bits per heavy atom. The summed E-state index contributed by atoms with van der Waals surface area (Å²) in [6, 6.07) is 16.8. The number of hydrogen-bond acceptors (Lipinski definition) is 5. The van der Waals surface area contributed by atoms with Crippen molar-refractivity contribution in [3.05, 3.63) is 77.7 Å². The van der Waals surface area contributed by atoms with Crippen molar-refractivity contribution in [2.75, 3.05) is 12.4 Å². The maximum atomic E-state index is 13.7. The minimum atomic E-state index is -0.488. The van der Waals surface area contributed by atoms with Crippen molar-refractivity contribution in [2.24, 2.45) is 0 Å². The fraction of sp³-hybridized carbons (Fsp3) is 0.0500. The monoisotopic (exact) mass is 394 g/mol. The van der Waals surface area contributed by atoms with E-state index in [9.17, 15) is 9.18 Å². The largest absolute Gasteiger partial charge is 0.495 e. The van der Waals surface area contributed by atoms with E-state index in [1.54, 1.807) is 36.4 Å². The molecule has 0 saturated carbocycles. The van der Waals surface area contributed by atoms with Gasteiger partial charge < -0.3 is 10.1 Å². The van der Waals surface area contributed by atoms with Crippen LogP contribution < -0.4 is 10.1 Å². The van der Waals surface area contributed by atoms with Gasteiger partial charge in [-0.15, -0.1) is 16.4 Å². The summed E-state index contributed by atoms with van der Waals surface area (Å²) in [5.74, 6) is 0.0749. The molecule has 0 aliphatic carbocycles. The molecule has 2 heterocycles. The molecule has 1 amide bonds. The molecule has 1 N–H and O–H groups in total. The fourth-order valence-electron chi connectivity index (χ4n) is 2.69. The number of anilines is 1. The molecule has 28 heavy (non-hydrogen) atoms. The number of nitrogens with one attached hydrogen (secondary N) is 1. The van der Waals surface area contributed by atoms with E-state index >= 15 is 0 Å². The van der Waals surface area contributed by atoms with E-state index in [1.807, 2.05) is 17.5 Å². The number of amides is 1. The number of halogens is 1. The Kier molecular flexibility index (Phi) is 4.86. The van der Waals surface area contributed by atoms with Crippen LogP contribution >= 0.6 is 11.3 Å². The lowest BCUT2D eigenvalue weighted by Crippen LogP contribution is -2.15. The molecule has 2 aromatic heterocycles. The topological polar surface area (TPSA) is 69.0 Å². The van der Waals surface area contributed by atoms with E-state index in [0.29, 0.717) is 22.9 Å². The van der Waals surface area contributed by atoms with Gasteiger partial charge in [0.15, 0.2) is 5.82 Å². The molecule has 4 rings (SSSR count). The number of hydrogen-bond donors (Lipinski definition) is 1. The molecular weight excluding hydrogens is 379 g/mol. The predicted octanol–water partition coefficient (Wildman–Crippen LogP) is 4.40. The second-order valence-corrected chi connectivity index (χ2v) is 6.73. The quantitative estimate of drug-likeness (QED) is 0.545. The molecule has 0 bridgehead atoms. The normalized spacial score (nSPS) is 10.6. The molecule has 0 spiro atoms. The van der Waals surface area contributed by atoms with Gasteiger partial charge in [0.25, 0.3) is 5.91 Å². The number of rotatable bonds is 5. The van der Waals surface area contributed by atoms with E-state index in [4.69, 9.17) is 4.74 Å². The van der Waals surface area contributed by atoms with E-state index < -0.39 is 11.7 Å². The Hall–Kier alpha value is -3.52. The van der Waals surface area contributed by atoms with Gasteiger partial charge in [0.1, 0.15) is 11.6 Å². The smallest absolute Gasteiger partial charge is 0.295 e. The number of nitrogens with zero attached hydrogens (tertiary/aromatic N) is 3. The highest BCUT2D eigenvalue weighted by atomic mass is 32.1. The van der Waals surface area contributed by atoms with E-state index in [2.05, 4.69) is 15.4 Å². The first-order valence-corrected chi connectivity index (χ1v) is 9.25. The molecule has 140 valence electrons. The zero-order valence-electron chi connectivity index (χ0n) is 14.8. The molecular formula is C20H15FN4O2S. The van der Waals surface area contributed by atoms with Crippen molar-refractivity contribution in [1.29, 1.82) is 0 Å². The highest BCUT2D eigenvalue weighted by Gasteiger charge is 2.20. The van der Waals surface area contributed by atoms with Crippen LogP contribution in [0.3, 0.4) is 0 Å². The van der Waals surface area contributed by atoms with Crippen molar-refractivity contribution in [2.45, 2.75) is 0 Å². The molecule has 8 heteroatoms. The van der Waals surface area contributed by atoms with Crippen LogP contribution in [0.2, 0.25) is 0 Å². The molecule has 2 aromatic carbocycles. The second-order valence-electron chi connectivity index (χ2n) is 5.78. The molecule has 0 unspecified atom stereocenters. The summed E-state index contributed by atoms with van der Waals surface area (Å²) in [6.07, 6.45) is 0. The minimum Gasteiger partial charge on any atom is -0.495 e. The standard InChI is InChI=1S/C20H15FN4O2S/c1-27-16-9-3-2-8-15(16)22-20(26)18-23-19(17-10-5-11-28-17)25(24-18)14-7-4-6-13(21)12-14/h2-12H,1H3,(H,22,26). The van der Waals surface area contributed by atoms with Gasteiger partial charge >= 0.3 is 0 Å². The van der Waals surface area contributed by atoms with Gasteiger partial charge in [-0.05, 0) is 41.8 Å². The molecule has 0 radical (unpaired) electrons. The summed E-state index contributed by atoms with van der Waals surface area (Å²) >= 11 is 1.46. The molecule has 0 atom stereocenters. The maximum Gasteiger partial charge on any atom is 0.295 e. The lowest BCUT2D eigenvalue weighted by molar-refractivity contribution is 0.101. The van der Waals surface area contributed by atoms with Crippen molar-refractivity contribution >= 4 is 22.9 Å². The number of methoxy groups -OCH3 is 1. The molecule has 4 aromatic rings. The molecule has 0 fully saturated rings. The Labute approximate surface area is 164 Å². The average molecular weight is 394 g/mol. The number of carbonyl (C=O) groups is 1. The van der Waals surface area contributed by atoms with Crippen molar-refractivity contribution in [1.82, 2.24) is 14.8 Å². The minimum absolute atomic E-state index is 0.0291. The molecule has 0 saturated heterocycles. The van der Waals surface area contributed by atoms with Crippen LogP contribution in [0.15, 0.2) is 66.0 Å². The van der Waals surface area contributed by atoms with Crippen LogP contribution in [0.4, 0.5) is 10.1 Å². The van der Waals surface area contributed by atoms with Crippen LogP contribution in [0.1, 0.15) is 10.6 Å². The van der Waals surface area contributed by atoms with Crippen molar-refractivity contribution in [3.63, 3.8) is 0 Å². The van der Waals surface area contributed by atoms with E-state index in [0.717, 1.165) is 4.88 Å². The third-order valence-corrected chi connectivity index (χ3v) is 4.83. The first kappa shape index (κ1) is 17.9. The van der Waals surface area contributed by atoms with Gasteiger partial charge in [-0.3, -0.25) is 4.79 Å². The number of para-hydroxylation sites is 2. The second kappa shape index (κ2) is 7.61. The van der Waals surface area contributed by atoms with Crippen LogP contribution in [0.25, 0.3) is 16.4 Å². The Bertz CT molecular complexity index is 1120. The predicted molar refractivity (Wildman–Crippen MR) is 106 cm³/mol. The fourth-order valence-corrected chi connectivity index (χ4v) is 3.39. The number of benzene rings is 2. The zero-order valence-corrected chi connectivity index (χ0v) is 15.6. The molecule has 6 nitrogen and oxygen atoms in total. The highest BCUT2D eigenvalue weighted by Crippen LogP contribution is 2.27. The Morgan fingerprint density at radius 2 is 2.00 bits per heavy atom. The summed E-state index contributed by atoms with van der Waals surface area (Å²) in [4.78, 5) is 18.0. The van der Waals surface area contributed by atoms with Crippen LogP contribution in [0, 0.1) is 5.82 Å². The maximum absolute atomic E-state index is 13.7. The summed E-state index contributed by atoms with van der Waals surface area (Å²) in [5.41, 5.74) is 0.988. The zero-order chi connectivity index (χ0) is 19.5. The van der Waals surface area contributed by atoms with Gasteiger partial charge in [0, 0.05) is 0 Å². The number of thiophene rings is 1. The highest BCUT2D eigenvalue weighted by molar-refractivity contribution is 7.13. The van der Waals surface area contributed by atoms with E-state index in [1.165, 1.54) is 35.3 Å². The van der Waals surface area contributed by atoms with Gasteiger partial charge in [-0.1, -0.05) is 24.3 Å². The van der Waals surface area contributed by atoms with Crippen LogP contribution in [-0.4, -0.2) is 27.8 Å². The van der Waals surface area contributed by atoms with Crippen LogP contribution in [0.5, 0.6) is 5.75 Å². The third kappa shape index (κ3) is 3.49. The van der Waals surface area contributed by atoms with Gasteiger partial charge in [0.2, 0.25) is 5.82 Å². The first-order chi connectivity index (χ1) is 13.7. The van der Waals surface area contributed by atoms with Crippen LogP contribution in [-0.2, 0) is 0 Å². The van der Waals surface area contributed by atoms with Crippen molar-refractivity contribution in [3.8, 4) is 22.1 Å². The lowest BCUT2D eigenvalue weighted by Gasteiger charge is -2.08. The summed E-state index contributed by atoms with van der Waals surface area (Å²) < 4.78 is 20.4. The summed E-state index contributed by atoms with van der Waals surface area (Å²) in [5, 5.41) is 8.97. The summed E-state index contributed by atoms with van der Waals surface area (Å²) in [6.45, 7) is 0. The van der Waals surface area contributed by atoms with Gasteiger partial charge in [0.05, 0.1) is 23.4 Å². The molecule has 0 aliphatic rings. The Morgan fingerprint density at radius 1 is 1.14 bits per heavy atom. The van der Waals surface area contributed by atoms with Crippen molar-refractivity contribution < 1.29 is 13.9 Å². The third-order valence-electron chi connectivity index (χ3n) is 3.96. The SMILES string of the molecule is COc1ccccc1NC(=O)c1nc(-c2cccs2)n(-c2cccc(F)c2)n1. The number of aromatic nitrogens is 3. The Balaban J connectivity index is 1.74. The summed E-state index contributed by atoms with van der Waals surface area (Å²) in [7, 11) is 1.52. The average Bonchev–Trinajstić information content (AvgIpc) is 3.38. The van der Waals surface area contributed by atoms with E-state index in [-0.39, 0.29) is 5.82 Å². The van der Waals surface area contributed by atoms with Gasteiger partial charge in [-0.25, -0.2) is 14.1 Å². The lowest BCUT2D eigenvalue weighted by atomic mass is 10.3. The van der Waals surface area contributed by atoms with Gasteiger partial charge in [-0.2, -0.15) is 0 Å². The number of carbonyl (C=O) groups excluding carboxylic acids is 1. The molecule has 0 aliphatic heterocycles.